The van der Waals surface area contributed by atoms with Crippen LogP contribution in [0.4, 0.5) is 5.69 Å². The first kappa shape index (κ1) is 14.0. The fourth-order valence-electron chi connectivity index (χ4n) is 1.60. The Bertz CT molecular complexity index is 484. The second-order valence-electron chi connectivity index (χ2n) is 4.08. The van der Waals surface area contributed by atoms with Crippen molar-refractivity contribution < 1.29 is 9.47 Å². The van der Waals surface area contributed by atoms with E-state index in [2.05, 4.69) is 22.6 Å². The lowest BCUT2D eigenvalue weighted by molar-refractivity contribution is 0.247. The molecule has 4 heteroatoms. The highest BCUT2D eigenvalue weighted by molar-refractivity contribution is 14.1. The fraction of sp³-hybridized carbons (Fsp3) is 0.200. The lowest BCUT2D eigenvalue weighted by atomic mass is 10.3. The summed E-state index contributed by atoms with van der Waals surface area (Å²) in [5.41, 5.74) is 6.39. The van der Waals surface area contributed by atoms with E-state index in [1.54, 1.807) is 0 Å². The van der Waals surface area contributed by atoms with Gasteiger partial charge in [-0.15, -0.1) is 0 Å². The monoisotopic (exact) mass is 369 g/mol. The minimum atomic E-state index is 0.618. The van der Waals surface area contributed by atoms with Crippen molar-refractivity contribution in [3.8, 4) is 11.5 Å². The molecule has 100 valence electrons. The SMILES string of the molecule is Nc1cccc(OCCCOc2cccc(I)c2)c1. The number of hydrogen-bond donors (Lipinski definition) is 1. The van der Waals surface area contributed by atoms with Crippen molar-refractivity contribution >= 4 is 28.3 Å². The zero-order valence-electron chi connectivity index (χ0n) is 10.5. The molecule has 2 aromatic carbocycles. The van der Waals surface area contributed by atoms with Gasteiger partial charge in [-0.3, -0.25) is 0 Å². The molecular formula is C15H16INO2. The van der Waals surface area contributed by atoms with Crippen molar-refractivity contribution in [1.82, 2.24) is 0 Å². The van der Waals surface area contributed by atoms with Gasteiger partial charge in [-0.25, -0.2) is 0 Å². The zero-order valence-corrected chi connectivity index (χ0v) is 12.7. The van der Waals surface area contributed by atoms with Gasteiger partial charge in [0.15, 0.2) is 0 Å². The molecule has 0 saturated carbocycles. The van der Waals surface area contributed by atoms with Crippen LogP contribution in [0.25, 0.3) is 0 Å². The maximum atomic E-state index is 5.67. The second kappa shape index (κ2) is 7.23. The molecule has 0 aromatic heterocycles. The zero-order chi connectivity index (χ0) is 13.5. The molecule has 2 rings (SSSR count). The van der Waals surface area contributed by atoms with Crippen molar-refractivity contribution in [2.75, 3.05) is 18.9 Å². The summed E-state index contributed by atoms with van der Waals surface area (Å²) in [6, 6.07) is 15.4. The molecule has 0 fully saturated rings. The van der Waals surface area contributed by atoms with Gasteiger partial charge >= 0.3 is 0 Å². The molecule has 0 aliphatic rings. The van der Waals surface area contributed by atoms with E-state index in [0.29, 0.717) is 18.9 Å². The second-order valence-corrected chi connectivity index (χ2v) is 5.33. The molecule has 0 aliphatic carbocycles. The minimum Gasteiger partial charge on any atom is -0.493 e. The third-order valence-corrected chi connectivity index (χ3v) is 3.15. The van der Waals surface area contributed by atoms with Crippen molar-refractivity contribution in [3.63, 3.8) is 0 Å². The largest absolute Gasteiger partial charge is 0.493 e. The van der Waals surface area contributed by atoms with E-state index < -0.39 is 0 Å². The van der Waals surface area contributed by atoms with Crippen LogP contribution in [0.3, 0.4) is 0 Å². The Balaban J connectivity index is 1.67. The van der Waals surface area contributed by atoms with E-state index >= 15 is 0 Å². The Morgan fingerprint density at radius 1 is 0.895 bits per heavy atom. The first-order chi connectivity index (χ1) is 9.24. The summed E-state index contributed by atoms with van der Waals surface area (Å²) < 4.78 is 12.4. The van der Waals surface area contributed by atoms with E-state index in [1.807, 2.05) is 48.5 Å². The molecule has 0 unspecified atom stereocenters. The van der Waals surface area contributed by atoms with Crippen LogP contribution in [0.2, 0.25) is 0 Å². The summed E-state index contributed by atoms with van der Waals surface area (Å²) in [4.78, 5) is 0. The summed E-state index contributed by atoms with van der Waals surface area (Å²) in [6.07, 6.45) is 0.834. The van der Waals surface area contributed by atoms with Gasteiger partial charge in [0.2, 0.25) is 0 Å². The Hall–Kier alpha value is -1.43. The van der Waals surface area contributed by atoms with E-state index in [-0.39, 0.29) is 0 Å². The number of halogens is 1. The molecule has 0 radical (unpaired) electrons. The van der Waals surface area contributed by atoms with E-state index in [4.69, 9.17) is 15.2 Å². The van der Waals surface area contributed by atoms with E-state index in [1.165, 1.54) is 3.57 Å². The number of anilines is 1. The number of nitrogen functional groups attached to an aromatic ring is 1. The highest BCUT2D eigenvalue weighted by atomic mass is 127. The number of ether oxygens (including phenoxy) is 2. The highest BCUT2D eigenvalue weighted by Gasteiger charge is 1.97. The van der Waals surface area contributed by atoms with Gasteiger partial charge in [-0.2, -0.15) is 0 Å². The van der Waals surface area contributed by atoms with Gasteiger partial charge in [-0.05, 0) is 52.9 Å². The standard InChI is InChI=1S/C15H16INO2/c16-12-4-1-6-14(10-12)18-8-3-9-19-15-7-2-5-13(17)11-15/h1-2,4-7,10-11H,3,8-9,17H2. The van der Waals surface area contributed by atoms with Crippen LogP contribution in [0, 0.1) is 3.57 Å². The van der Waals surface area contributed by atoms with Crippen LogP contribution in [-0.2, 0) is 0 Å². The molecule has 0 atom stereocenters. The molecule has 0 aliphatic heterocycles. The molecule has 0 saturated heterocycles. The molecule has 0 bridgehead atoms. The lowest BCUT2D eigenvalue weighted by Gasteiger charge is -2.08. The van der Waals surface area contributed by atoms with Crippen molar-refractivity contribution in [1.29, 1.82) is 0 Å². The number of hydrogen-bond acceptors (Lipinski definition) is 3. The average molecular weight is 369 g/mol. The van der Waals surface area contributed by atoms with Crippen LogP contribution >= 0.6 is 22.6 Å². The first-order valence-corrected chi connectivity index (χ1v) is 7.18. The quantitative estimate of drug-likeness (QED) is 0.480. The van der Waals surface area contributed by atoms with Gasteiger partial charge in [0, 0.05) is 21.7 Å². The Labute approximate surface area is 126 Å². The molecular weight excluding hydrogens is 353 g/mol. The highest BCUT2D eigenvalue weighted by Crippen LogP contribution is 2.16. The fourth-order valence-corrected chi connectivity index (χ4v) is 2.11. The average Bonchev–Trinajstić information content (AvgIpc) is 2.38. The van der Waals surface area contributed by atoms with Gasteiger partial charge in [0.1, 0.15) is 11.5 Å². The van der Waals surface area contributed by atoms with Crippen LogP contribution in [0.5, 0.6) is 11.5 Å². The summed E-state index contributed by atoms with van der Waals surface area (Å²) in [5.74, 6) is 1.70. The van der Waals surface area contributed by atoms with Crippen molar-refractivity contribution in [2.24, 2.45) is 0 Å². The van der Waals surface area contributed by atoms with Crippen molar-refractivity contribution in [2.45, 2.75) is 6.42 Å². The maximum Gasteiger partial charge on any atom is 0.121 e. The van der Waals surface area contributed by atoms with E-state index in [9.17, 15) is 0 Å². The molecule has 2 aromatic rings. The number of rotatable bonds is 6. The summed E-state index contributed by atoms with van der Waals surface area (Å²) in [5, 5.41) is 0. The number of nitrogens with two attached hydrogens (primary N) is 1. The summed E-state index contributed by atoms with van der Waals surface area (Å²) >= 11 is 2.27. The smallest absolute Gasteiger partial charge is 0.121 e. The third kappa shape index (κ3) is 4.98. The minimum absolute atomic E-state index is 0.618. The van der Waals surface area contributed by atoms with Crippen LogP contribution in [-0.4, -0.2) is 13.2 Å². The van der Waals surface area contributed by atoms with Gasteiger partial charge in [0.25, 0.3) is 0 Å². The first-order valence-electron chi connectivity index (χ1n) is 6.11. The van der Waals surface area contributed by atoms with Crippen LogP contribution in [0.15, 0.2) is 48.5 Å². The molecule has 19 heavy (non-hydrogen) atoms. The maximum absolute atomic E-state index is 5.67. The molecule has 0 heterocycles. The van der Waals surface area contributed by atoms with Gasteiger partial charge in [0.05, 0.1) is 13.2 Å². The van der Waals surface area contributed by atoms with Crippen LogP contribution < -0.4 is 15.2 Å². The molecule has 3 nitrogen and oxygen atoms in total. The topological polar surface area (TPSA) is 44.5 Å². The predicted octanol–water partition coefficient (Wildman–Crippen LogP) is 3.72. The summed E-state index contributed by atoms with van der Waals surface area (Å²) in [7, 11) is 0. The molecule has 0 amide bonds. The third-order valence-electron chi connectivity index (χ3n) is 2.48. The Morgan fingerprint density at radius 2 is 1.53 bits per heavy atom. The Morgan fingerprint density at radius 3 is 2.16 bits per heavy atom. The normalized spacial score (nSPS) is 10.2. The van der Waals surface area contributed by atoms with E-state index in [0.717, 1.165) is 17.9 Å². The van der Waals surface area contributed by atoms with Crippen molar-refractivity contribution in [3.05, 3.63) is 52.1 Å². The van der Waals surface area contributed by atoms with Crippen LogP contribution in [0.1, 0.15) is 6.42 Å². The van der Waals surface area contributed by atoms with Gasteiger partial charge in [-0.1, -0.05) is 12.1 Å². The molecule has 0 spiro atoms. The summed E-state index contributed by atoms with van der Waals surface area (Å²) in [6.45, 7) is 1.26. The van der Waals surface area contributed by atoms with Gasteiger partial charge < -0.3 is 15.2 Å². The Kier molecular flexibility index (Phi) is 5.32. The number of benzene rings is 2. The predicted molar refractivity (Wildman–Crippen MR) is 85.6 cm³/mol. The lowest BCUT2D eigenvalue weighted by Crippen LogP contribution is -2.05. The molecule has 2 N–H and O–H groups in total.